The minimum atomic E-state index is -4.65. The quantitative estimate of drug-likeness (QED) is 0.730. The van der Waals surface area contributed by atoms with Crippen molar-refractivity contribution in [2.75, 3.05) is 39.2 Å². The van der Waals surface area contributed by atoms with Crippen LogP contribution in [0.5, 0.6) is 5.75 Å². The largest absolute Gasteiger partial charge is 0.491 e. The first-order valence-electron chi connectivity index (χ1n) is 10.5. The van der Waals surface area contributed by atoms with Gasteiger partial charge in [-0.05, 0) is 25.1 Å². The fourth-order valence-electron chi connectivity index (χ4n) is 3.68. The molecule has 1 N–H and O–H groups in total. The van der Waals surface area contributed by atoms with Gasteiger partial charge in [-0.3, -0.25) is 14.4 Å². The first-order chi connectivity index (χ1) is 15.3. The van der Waals surface area contributed by atoms with Gasteiger partial charge in [-0.25, -0.2) is 0 Å². The Balaban J connectivity index is 2.40. The van der Waals surface area contributed by atoms with Crippen LogP contribution in [-0.4, -0.2) is 79.7 Å². The molecule has 8 nitrogen and oxygen atoms in total. The summed E-state index contributed by atoms with van der Waals surface area (Å²) in [6.45, 7) is 5.92. The molecule has 2 rings (SSSR count). The monoisotopic (exact) mass is 473 g/mol. The molecular formula is C22H30F3N3O5. The third kappa shape index (κ3) is 7.34. The van der Waals surface area contributed by atoms with Crippen molar-refractivity contribution in [2.45, 2.75) is 45.5 Å². The second-order valence-electron chi connectivity index (χ2n) is 8.32. The van der Waals surface area contributed by atoms with Crippen LogP contribution in [0.3, 0.4) is 0 Å². The number of halogens is 3. The summed E-state index contributed by atoms with van der Waals surface area (Å²) in [5, 5.41) is 2.17. The number of ether oxygens (including phenoxy) is 2. The molecule has 1 aromatic carbocycles. The summed E-state index contributed by atoms with van der Waals surface area (Å²) in [7, 11) is 3.09. The lowest BCUT2D eigenvalue weighted by molar-refractivity contribution is -0.150. The van der Waals surface area contributed by atoms with Crippen molar-refractivity contribution in [1.29, 1.82) is 0 Å². The van der Waals surface area contributed by atoms with Crippen LogP contribution in [0.25, 0.3) is 0 Å². The SMILES string of the molecule is CO[C@@H]1CN(C)C(=O)c2cc(NC(=O)CC(F)(F)F)ccc2OC[C@H](C)N(C(C)=O)C[C@H]1C. The zero-order valence-electron chi connectivity index (χ0n) is 19.4. The molecule has 11 heteroatoms. The van der Waals surface area contributed by atoms with Crippen molar-refractivity contribution >= 4 is 23.4 Å². The molecule has 0 fully saturated rings. The number of fused-ring (bicyclic) bond motifs is 1. The number of benzene rings is 1. The summed E-state index contributed by atoms with van der Waals surface area (Å²) < 4.78 is 48.9. The molecule has 0 saturated carbocycles. The summed E-state index contributed by atoms with van der Waals surface area (Å²) in [6, 6.07) is 3.75. The Morgan fingerprint density at radius 2 is 1.91 bits per heavy atom. The number of nitrogens with one attached hydrogen (secondary N) is 1. The molecular weight excluding hydrogens is 443 g/mol. The van der Waals surface area contributed by atoms with Crippen LogP contribution in [0, 0.1) is 5.92 Å². The minimum absolute atomic E-state index is 0.0375. The lowest BCUT2D eigenvalue weighted by Crippen LogP contribution is -2.48. The Bertz CT molecular complexity index is 877. The molecule has 1 aromatic rings. The number of alkyl halides is 3. The van der Waals surface area contributed by atoms with Gasteiger partial charge in [0.25, 0.3) is 5.91 Å². The van der Waals surface area contributed by atoms with Gasteiger partial charge < -0.3 is 24.6 Å². The molecule has 33 heavy (non-hydrogen) atoms. The van der Waals surface area contributed by atoms with Gasteiger partial charge in [-0.15, -0.1) is 0 Å². The highest BCUT2D eigenvalue weighted by atomic mass is 19.4. The zero-order valence-corrected chi connectivity index (χ0v) is 19.4. The van der Waals surface area contributed by atoms with Crippen LogP contribution in [0.1, 0.15) is 37.6 Å². The average molecular weight is 473 g/mol. The van der Waals surface area contributed by atoms with E-state index in [9.17, 15) is 27.6 Å². The second-order valence-corrected chi connectivity index (χ2v) is 8.32. The van der Waals surface area contributed by atoms with E-state index < -0.39 is 24.4 Å². The number of rotatable bonds is 3. The molecule has 0 bridgehead atoms. The molecule has 0 aliphatic carbocycles. The van der Waals surface area contributed by atoms with E-state index in [4.69, 9.17) is 9.47 Å². The third-order valence-corrected chi connectivity index (χ3v) is 5.49. The van der Waals surface area contributed by atoms with E-state index in [0.29, 0.717) is 6.54 Å². The molecule has 3 atom stereocenters. The van der Waals surface area contributed by atoms with Crippen molar-refractivity contribution in [3.05, 3.63) is 23.8 Å². The van der Waals surface area contributed by atoms with E-state index in [1.165, 1.54) is 37.1 Å². The van der Waals surface area contributed by atoms with E-state index in [1.807, 2.05) is 13.8 Å². The first kappa shape index (κ1) is 26.4. The van der Waals surface area contributed by atoms with Crippen LogP contribution in [0.15, 0.2) is 18.2 Å². The Morgan fingerprint density at radius 1 is 1.24 bits per heavy atom. The first-order valence-corrected chi connectivity index (χ1v) is 10.5. The summed E-state index contributed by atoms with van der Waals surface area (Å²) >= 11 is 0. The Labute approximate surface area is 191 Å². The maximum atomic E-state index is 13.2. The predicted molar refractivity (Wildman–Crippen MR) is 115 cm³/mol. The third-order valence-electron chi connectivity index (χ3n) is 5.49. The van der Waals surface area contributed by atoms with Crippen molar-refractivity contribution < 1.29 is 37.0 Å². The molecule has 0 saturated heterocycles. The summed E-state index contributed by atoms with van der Waals surface area (Å²) in [4.78, 5) is 40.2. The lowest BCUT2D eigenvalue weighted by Gasteiger charge is -2.35. The number of hydrogen-bond acceptors (Lipinski definition) is 5. The van der Waals surface area contributed by atoms with Crippen molar-refractivity contribution in [3.8, 4) is 5.75 Å². The normalized spacial score (nSPS) is 22.5. The van der Waals surface area contributed by atoms with E-state index in [0.717, 1.165) is 0 Å². The van der Waals surface area contributed by atoms with Crippen LogP contribution in [0.2, 0.25) is 0 Å². The van der Waals surface area contributed by atoms with Gasteiger partial charge in [0.2, 0.25) is 11.8 Å². The molecule has 1 aliphatic heterocycles. The smallest absolute Gasteiger partial charge is 0.397 e. The number of amides is 3. The number of likely N-dealkylation sites (N-methyl/N-ethyl adjacent to an activating group) is 1. The van der Waals surface area contributed by atoms with Gasteiger partial charge in [0, 0.05) is 45.8 Å². The standard InChI is InChI=1S/C22H30F3N3O5/c1-13-10-28(15(3)29)14(2)12-33-18-7-6-16(26-20(30)9-22(23,24)25)8-17(18)21(31)27(4)11-19(13)32-5/h6-8,13-14,19H,9-12H2,1-5H3,(H,26,30)/t13-,14+,19-/m1/s1. The highest BCUT2D eigenvalue weighted by Gasteiger charge is 2.32. The van der Waals surface area contributed by atoms with E-state index in [1.54, 1.807) is 11.9 Å². The fourth-order valence-corrected chi connectivity index (χ4v) is 3.68. The Hall–Kier alpha value is -2.82. The number of nitrogens with zero attached hydrogens (tertiary/aromatic N) is 2. The maximum Gasteiger partial charge on any atom is 0.397 e. The van der Waals surface area contributed by atoms with E-state index in [-0.39, 0.29) is 54.1 Å². The summed E-state index contributed by atoms with van der Waals surface area (Å²) in [5.41, 5.74) is 0.113. The zero-order chi connectivity index (χ0) is 24.9. The van der Waals surface area contributed by atoms with Crippen LogP contribution in [-0.2, 0) is 14.3 Å². The number of anilines is 1. The second kappa shape index (κ2) is 10.9. The fraction of sp³-hybridized carbons (Fsp3) is 0.591. The van der Waals surface area contributed by atoms with Crippen LogP contribution < -0.4 is 10.1 Å². The van der Waals surface area contributed by atoms with Gasteiger partial charge in [-0.1, -0.05) is 6.92 Å². The topological polar surface area (TPSA) is 88.2 Å². The number of carbonyl (C=O) groups is 3. The Morgan fingerprint density at radius 3 is 2.48 bits per heavy atom. The lowest BCUT2D eigenvalue weighted by atomic mass is 10.0. The molecule has 0 unspecified atom stereocenters. The van der Waals surface area contributed by atoms with Gasteiger partial charge in [-0.2, -0.15) is 13.2 Å². The van der Waals surface area contributed by atoms with Crippen molar-refractivity contribution in [1.82, 2.24) is 9.80 Å². The van der Waals surface area contributed by atoms with Crippen molar-refractivity contribution in [3.63, 3.8) is 0 Å². The van der Waals surface area contributed by atoms with E-state index in [2.05, 4.69) is 5.32 Å². The number of carbonyl (C=O) groups excluding carboxylic acids is 3. The summed E-state index contributed by atoms with van der Waals surface area (Å²) in [5.74, 6) is -1.71. The highest BCUT2D eigenvalue weighted by molar-refractivity contribution is 5.99. The number of methoxy groups -OCH3 is 1. The Kier molecular flexibility index (Phi) is 8.70. The van der Waals surface area contributed by atoms with Crippen LogP contribution in [0.4, 0.5) is 18.9 Å². The maximum absolute atomic E-state index is 13.2. The van der Waals surface area contributed by atoms with Gasteiger partial charge in [0.15, 0.2) is 0 Å². The molecule has 0 aromatic heterocycles. The predicted octanol–water partition coefficient (Wildman–Crippen LogP) is 2.93. The van der Waals surface area contributed by atoms with Crippen LogP contribution >= 0.6 is 0 Å². The van der Waals surface area contributed by atoms with Gasteiger partial charge in [0.05, 0.1) is 17.7 Å². The molecule has 0 radical (unpaired) electrons. The molecule has 0 spiro atoms. The molecule has 184 valence electrons. The van der Waals surface area contributed by atoms with E-state index >= 15 is 0 Å². The minimum Gasteiger partial charge on any atom is -0.491 e. The summed E-state index contributed by atoms with van der Waals surface area (Å²) in [6.07, 6.45) is -6.66. The van der Waals surface area contributed by atoms with Gasteiger partial charge in [0.1, 0.15) is 18.8 Å². The number of hydrogen-bond donors (Lipinski definition) is 1. The van der Waals surface area contributed by atoms with Crippen molar-refractivity contribution in [2.24, 2.45) is 5.92 Å². The molecule has 3 amide bonds. The van der Waals surface area contributed by atoms with Gasteiger partial charge >= 0.3 is 6.18 Å². The molecule has 1 heterocycles. The highest BCUT2D eigenvalue weighted by Crippen LogP contribution is 2.27. The molecule has 1 aliphatic rings. The average Bonchev–Trinajstić information content (AvgIpc) is 2.71.